The highest BCUT2D eigenvalue weighted by Gasteiger charge is 2.30. The Balaban J connectivity index is 2.23. The van der Waals surface area contributed by atoms with E-state index in [2.05, 4.69) is 16.4 Å². The van der Waals surface area contributed by atoms with Gasteiger partial charge in [-0.05, 0) is 25.5 Å². The molecule has 0 aromatic carbocycles. The molecule has 0 saturated carbocycles. The molecule has 2 N–H and O–H groups in total. The monoisotopic (exact) mass is 256 g/mol. The number of β-amino-alcohol motifs (C(OH)–C–C–N with tert-alkyl or cyclic N) is 1. The summed E-state index contributed by atoms with van der Waals surface area (Å²) in [7, 11) is 0. The maximum absolute atomic E-state index is 10.0. The molecular formula is C14H16N4O. The molecule has 19 heavy (non-hydrogen) atoms. The zero-order valence-corrected chi connectivity index (χ0v) is 11.0. The second-order valence-corrected chi connectivity index (χ2v) is 5.04. The number of hydrogen-bond acceptors (Lipinski definition) is 4. The molecule has 0 bridgehead atoms. The summed E-state index contributed by atoms with van der Waals surface area (Å²) >= 11 is 0. The molecule has 0 unspecified atom stereocenters. The van der Waals surface area contributed by atoms with Crippen molar-refractivity contribution in [1.29, 1.82) is 5.26 Å². The maximum Gasteiger partial charge on any atom is 0.161 e. The zero-order valence-electron chi connectivity index (χ0n) is 11.0. The van der Waals surface area contributed by atoms with Gasteiger partial charge in [-0.1, -0.05) is 0 Å². The van der Waals surface area contributed by atoms with Crippen LogP contribution in [0, 0.1) is 25.2 Å². The van der Waals surface area contributed by atoms with Crippen molar-refractivity contribution in [2.24, 2.45) is 0 Å². The number of anilines is 1. The van der Waals surface area contributed by atoms with Gasteiger partial charge in [0, 0.05) is 30.8 Å². The predicted molar refractivity (Wildman–Crippen MR) is 72.1 cm³/mol. The number of aliphatic hydroxyl groups excluding tert-OH is 1. The van der Waals surface area contributed by atoms with Gasteiger partial charge in [-0.15, -0.1) is 0 Å². The van der Waals surface area contributed by atoms with Crippen molar-refractivity contribution in [3.63, 3.8) is 0 Å². The van der Waals surface area contributed by atoms with Crippen LogP contribution >= 0.6 is 0 Å². The summed E-state index contributed by atoms with van der Waals surface area (Å²) in [4.78, 5) is 4.58. The van der Waals surface area contributed by atoms with E-state index < -0.39 is 6.10 Å². The average Bonchev–Trinajstić information content (AvgIpc) is 2.69. The van der Waals surface area contributed by atoms with Gasteiger partial charge in [0.2, 0.25) is 0 Å². The highest BCUT2D eigenvalue weighted by molar-refractivity contribution is 5.74. The van der Waals surface area contributed by atoms with Crippen LogP contribution in [0.5, 0.6) is 0 Å². The van der Waals surface area contributed by atoms with Crippen LogP contribution in [0.3, 0.4) is 0 Å². The van der Waals surface area contributed by atoms with Crippen molar-refractivity contribution < 1.29 is 5.11 Å². The summed E-state index contributed by atoms with van der Waals surface area (Å²) in [5, 5.41) is 22.2. The lowest BCUT2D eigenvalue weighted by Gasteiger charge is -2.30. The minimum Gasteiger partial charge on any atom is -0.391 e. The standard InChI is InChI=1S/C14H16N4O/c1-8-9(2)18-6-4-11-10(3-5-15)12(19)7-16-13(11)14(18)17-8/h4,6,10,12,16,19H,3,7H2,1-2H3/t10-,12-/m1/s1. The smallest absolute Gasteiger partial charge is 0.161 e. The Morgan fingerprint density at radius 3 is 3.11 bits per heavy atom. The number of imidazole rings is 1. The third-order valence-corrected chi connectivity index (χ3v) is 3.97. The van der Waals surface area contributed by atoms with Gasteiger partial charge in [-0.25, -0.2) is 4.98 Å². The first-order valence-electron chi connectivity index (χ1n) is 6.40. The molecule has 0 fully saturated rings. The largest absolute Gasteiger partial charge is 0.391 e. The Bertz CT molecular complexity index is 683. The molecule has 1 aliphatic rings. The molecule has 3 rings (SSSR count). The Morgan fingerprint density at radius 1 is 1.58 bits per heavy atom. The van der Waals surface area contributed by atoms with Crippen LogP contribution in [0.1, 0.15) is 29.3 Å². The number of rotatable bonds is 1. The first kappa shape index (κ1) is 12.0. The number of aryl methyl sites for hydroxylation is 2. The number of nitrogens with one attached hydrogen (secondary N) is 1. The van der Waals surface area contributed by atoms with Crippen molar-refractivity contribution in [3.8, 4) is 6.07 Å². The molecule has 1 aliphatic heterocycles. The molecule has 2 aromatic heterocycles. The number of pyridine rings is 1. The predicted octanol–water partition coefficient (Wildman–Crippen LogP) is 1.73. The van der Waals surface area contributed by atoms with E-state index >= 15 is 0 Å². The van der Waals surface area contributed by atoms with Crippen LogP contribution in [-0.2, 0) is 0 Å². The SMILES string of the molecule is Cc1nc2c3c(ccn2c1C)[C@@H](CC#N)[C@H](O)CN3. The van der Waals surface area contributed by atoms with Crippen molar-refractivity contribution in [2.75, 3.05) is 11.9 Å². The van der Waals surface area contributed by atoms with Gasteiger partial charge in [0.05, 0.1) is 23.6 Å². The molecular weight excluding hydrogens is 240 g/mol. The number of aliphatic hydroxyl groups is 1. The lowest BCUT2D eigenvalue weighted by molar-refractivity contribution is 0.152. The summed E-state index contributed by atoms with van der Waals surface area (Å²) < 4.78 is 2.04. The minimum atomic E-state index is -0.522. The average molecular weight is 256 g/mol. The molecule has 98 valence electrons. The topological polar surface area (TPSA) is 73.4 Å². The fourth-order valence-corrected chi connectivity index (χ4v) is 2.74. The van der Waals surface area contributed by atoms with E-state index in [1.54, 1.807) is 0 Å². The third kappa shape index (κ3) is 1.68. The Morgan fingerprint density at radius 2 is 2.37 bits per heavy atom. The van der Waals surface area contributed by atoms with Gasteiger partial charge in [0.1, 0.15) is 0 Å². The lowest BCUT2D eigenvalue weighted by Crippen LogP contribution is -2.32. The first-order valence-corrected chi connectivity index (χ1v) is 6.40. The van der Waals surface area contributed by atoms with Crippen LogP contribution < -0.4 is 5.32 Å². The van der Waals surface area contributed by atoms with E-state index in [4.69, 9.17) is 5.26 Å². The van der Waals surface area contributed by atoms with E-state index in [0.717, 1.165) is 28.3 Å². The molecule has 0 radical (unpaired) electrons. The van der Waals surface area contributed by atoms with E-state index in [9.17, 15) is 5.11 Å². The summed E-state index contributed by atoms with van der Waals surface area (Å²) in [6, 6.07) is 4.14. The van der Waals surface area contributed by atoms with E-state index in [0.29, 0.717) is 13.0 Å². The van der Waals surface area contributed by atoms with Gasteiger partial charge >= 0.3 is 0 Å². The fraction of sp³-hybridized carbons (Fsp3) is 0.429. The van der Waals surface area contributed by atoms with Crippen LogP contribution in [0.2, 0.25) is 0 Å². The highest BCUT2D eigenvalue weighted by Crippen LogP contribution is 2.36. The quantitative estimate of drug-likeness (QED) is 0.815. The Labute approximate surface area is 111 Å². The zero-order chi connectivity index (χ0) is 13.6. The van der Waals surface area contributed by atoms with E-state index in [-0.39, 0.29) is 5.92 Å². The Kier molecular flexibility index (Phi) is 2.68. The van der Waals surface area contributed by atoms with Crippen molar-refractivity contribution in [1.82, 2.24) is 9.38 Å². The normalized spacial score (nSPS) is 21.8. The van der Waals surface area contributed by atoms with Crippen molar-refractivity contribution in [3.05, 3.63) is 29.2 Å². The summed E-state index contributed by atoms with van der Waals surface area (Å²) in [6.45, 7) is 4.48. The molecule has 2 aromatic rings. The summed E-state index contributed by atoms with van der Waals surface area (Å²) in [6.07, 6.45) is 1.77. The molecule has 5 nitrogen and oxygen atoms in total. The third-order valence-electron chi connectivity index (χ3n) is 3.97. The van der Waals surface area contributed by atoms with Gasteiger partial charge in [0.15, 0.2) is 5.65 Å². The summed E-state index contributed by atoms with van der Waals surface area (Å²) in [5.41, 5.74) is 4.92. The summed E-state index contributed by atoms with van der Waals surface area (Å²) in [5.74, 6) is -0.136. The molecule has 0 saturated heterocycles. The maximum atomic E-state index is 10.0. The van der Waals surface area contributed by atoms with E-state index in [1.807, 2.05) is 30.5 Å². The van der Waals surface area contributed by atoms with Gasteiger partial charge < -0.3 is 14.8 Å². The molecule has 5 heteroatoms. The molecule has 0 aliphatic carbocycles. The van der Waals surface area contributed by atoms with Crippen molar-refractivity contribution >= 4 is 11.3 Å². The lowest BCUT2D eigenvalue weighted by atomic mass is 9.87. The van der Waals surface area contributed by atoms with Gasteiger partial charge in [-0.2, -0.15) is 5.26 Å². The van der Waals surface area contributed by atoms with Gasteiger partial charge in [0.25, 0.3) is 0 Å². The van der Waals surface area contributed by atoms with Crippen molar-refractivity contribution in [2.45, 2.75) is 32.3 Å². The molecule has 0 spiro atoms. The van der Waals surface area contributed by atoms with Crippen LogP contribution in [0.25, 0.3) is 5.65 Å². The van der Waals surface area contributed by atoms with Gasteiger partial charge in [-0.3, -0.25) is 0 Å². The number of nitriles is 1. The van der Waals surface area contributed by atoms with E-state index in [1.165, 1.54) is 0 Å². The fourth-order valence-electron chi connectivity index (χ4n) is 2.74. The number of aromatic nitrogens is 2. The Hall–Kier alpha value is -2.06. The second kappa shape index (κ2) is 4.25. The highest BCUT2D eigenvalue weighted by atomic mass is 16.3. The van der Waals surface area contributed by atoms with Crippen LogP contribution in [0.15, 0.2) is 12.3 Å². The second-order valence-electron chi connectivity index (χ2n) is 5.04. The first-order chi connectivity index (χ1) is 9.13. The molecule has 3 heterocycles. The number of hydrogen-bond donors (Lipinski definition) is 2. The minimum absolute atomic E-state index is 0.136. The number of fused-ring (bicyclic) bond motifs is 3. The number of nitrogens with zero attached hydrogens (tertiary/aromatic N) is 3. The van der Waals surface area contributed by atoms with Crippen LogP contribution in [-0.4, -0.2) is 27.1 Å². The molecule has 2 atom stereocenters. The molecule has 0 amide bonds. The van der Waals surface area contributed by atoms with Crippen LogP contribution in [0.4, 0.5) is 5.69 Å².